The quantitative estimate of drug-likeness (QED) is 0.849. The van der Waals surface area contributed by atoms with E-state index in [1.807, 2.05) is 0 Å². The Labute approximate surface area is 103 Å². The van der Waals surface area contributed by atoms with Gasteiger partial charge in [-0.15, -0.1) is 5.10 Å². The van der Waals surface area contributed by atoms with Crippen LogP contribution in [0.25, 0.3) is 0 Å². The van der Waals surface area contributed by atoms with Crippen molar-refractivity contribution in [3.05, 3.63) is 5.89 Å². The van der Waals surface area contributed by atoms with Gasteiger partial charge >= 0.3 is 6.01 Å². The number of nitrogens with zero attached hydrogens (tertiary/aromatic N) is 3. The molecule has 0 radical (unpaired) electrons. The molecule has 1 atom stereocenters. The Bertz CT molecular complexity index is 339. The van der Waals surface area contributed by atoms with Gasteiger partial charge in [0.05, 0.1) is 6.54 Å². The number of hydrogen-bond donors (Lipinski definition) is 1. The van der Waals surface area contributed by atoms with Gasteiger partial charge in [0.1, 0.15) is 0 Å². The Balaban J connectivity index is 2.02. The molecule has 2 rings (SSSR count). The third-order valence-electron chi connectivity index (χ3n) is 3.33. The van der Waals surface area contributed by atoms with E-state index in [9.17, 15) is 0 Å². The molecule has 1 fully saturated rings. The summed E-state index contributed by atoms with van der Waals surface area (Å²) in [7, 11) is 0. The number of hydrogen-bond acceptors (Lipinski definition) is 5. The maximum Gasteiger partial charge on any atom is 0.318 e. The molecule has 0 aliphatic carbocycles. The van der Waals surface area contributed by atoms with Crippen molar-refractivity contribution < 1.29 is 4.42 Å². The SMILES string of the molecule is CCNCc1nnc(N2CCCCC2CC)o1. The van der Waals surface area contributed by atoms with E-state index < -0.39 is 0 Å². The number of aromatic nitrogens is 2. The van der Waals surface area contributed by atoms with Gasteiger partial charge in [0.15, 0.2) is 0 Å². The summed E-state index contributed by atoms with van der Waals surface area (Å²) < 4.78 is 5.70. The van der Waals surface area contributed by atoms with E-state index in [1.165, 1.54) is 19.3 Å². The minimum atomic E-state index is 0.566. The van der Waals surface area contributed by atoms with Crippen molar-refractivity contribution >= 4 is 6.01 Å². The van der Waals surface area contributed by atoms with Gasteiger partial charge in [0.25, 0.3) is 0 Å². The molecule has 0 spiro atoms. The Morgan fingerprint density at radius 1 is 1.35 bits per heavy atom. The van der Waals surface area contributed by atoms with Gasteiger partial charge in [-0.1, -0.05) is 18.9 Å². The first-order chi connectivity index (χ1) is 8.35. The lowest BCUT2D eigenvalue weighted by atomic mass is 10.0. The van der Waals surface area contributed by atoms with Gasteiger partial charge in [0, 0.05) is 12.6 Å². The minimum Gasteiger partial charge on any atom is -0.407 e. The summed E-state index contributed by atoms with van der Waals surface area (Å²) >= 11 is 0. The molecule has 1 aliphatic rings. The Hall–Kier alpha value is -1.10. The van der Waals surface area contributed by atoms with Crippen LogP contribution in [0.2, 0.25) is 0 Å². The molecule has 5 heteroatoms. The second-order valence-electron chi connectivity index (χ2n) is 4.51. The molecule has 0 aromatic carbocycles. The van der Waals surface area contributed by atoms with Crippen LogP contribution in [0.15, 0.2) is 4.42 Å². The lowest BCUT2D eigenvalue weighted by Crippen LogP contribution is -2.39. The molecular weight excluding hydrogens is 216 g/mol. The lowest BCUT2D eigenvalue weighted by molar-refractivity contribution is 0.396. The molecule has 5 nitrogen and oxygen atoms in total. The van der Waals surface area contributed by atoms with Gasteiger partial charge in [-0.25, -0.2) is 0 Å². The maximum absolute atomic E-state index is 5.70. The first-order valence-corrected chi connectivity index (χ1v) is 6.64. The number of rotatable bonds is 5. The Morgan fingerprint density at radius 3 is 3.00 bits per heavy atom. The van der Waals surface area contributed by atoms with Gasteiger partial charge in [-0.05, 0) is 32.2 Å². The van der Waals surface area contributed by atoms with E-state index in [1.54, 1.807) is 0 Å². The van der Waals surface area contributed by atoms with Crippen LogP contribution in [0.1, 0.15) is 45.4 Å². The molecule has 0 saturated carbocycles. The van der Waals surface area contributed by atoms with Crippen molar-refractivity contribution in [1.82, 2.24) is 15.5 Å². The molecule has 17 heavy (non-hydrogen) atoms. The van der Waals surface area contributed by atoms with Crippen LogP contribution in [0.4, 0.5) is 6.01 Å². The van der Waals surface area contributed by atoms with Crippen molar-refractivity contribution in [2.45, 2.75) is 52.1 Å². The predicted octanol–water partition coefficient (Wildman–Crippen LogP) is 1.95. The summed E-state index contributed by atoms with van der Waals surface area (Å²) in [6.45, 7) is 6.91. The fraction of sp³-hybridized carbons (Fsp3) is 0.833. The summed E-state index contributed by atoms with van der Waals surface area (Å²) in [6.07, 6.45) is 4.92. The van der Waals surface area contributed by atoms with Gasteiger partial charge in [-0.2, -0.15) is 0 Å². The van der Waals surface area contributed by atoms with Crippen molar-refractivity contribution in [2.75, 3.05) is 18.0 Å². The van der Waals surface area contributed by atoms with Crippen LogP contribution < -0.4 is 10.2 Å². The topological polar surface area (TPSA) is 54.2 Å². The summed E-state index contributed by atoms with van der Waals surface area (Å²) in [5.74, 6) is 0.683. The zero-order valence-electron chi connectivity index (χ0n) is 10.8. The van der Waals surface area contributed by atoms with Gasteiger partial charge in [-0.3, -0.25) is 0 Å². The fourth-order valence-electron chi connectivity index (χ4n) is 2.34. The molecule has 0 amide bonds. The summed E-state index contributed by atoms with van der Waals surface area (Å²) in [5, 5.41) is 11.4. The van der Waals surface area contributed by atoms with E-state index in [2.05, 4.69) is 34.3 Å². The highest BCUT2D eigenvalue weighted by Gasteiger charge is 2.25. The summed E-state index contributed by atoms with van der Waals surface area (Å²) in [4.78, 5) is 2.27. The van der Waals surface area contributed by atoms with Crippen LogP contribution in [0.3, 0.4) is 0 Å². The molecule has 1 aliphatic heterocycles. The summed E-state index contributed by atoms with van der Waals surface area (Å²) in [6, 6.07) is 1.26. The van der Waals surface area contributed by atoms with E-state index in [0.29, 0.717) is 24.5 Å². The highest BCUT2D eigenvalue weighted by molar-refractivity contribution is 5.27. The third-order valence-corrected chi connectivity index (χ3v) is 3.33. The molecule has 96 valence electrons. The van der Waals surface area contributed by atoms with Crippen LogP contribution in [-0.2, 0) is 6.54 Å². The first-order valence-electron chi connectivity index (χ1n) is 6.64. The zero-order valence-corrected chi connectivity index (χ0v) is 10.8. The monoisotopic (exact) mass is 238 g/mol. The Morgan fingerprint density at radius 2 is 2.24 bits per heavy atom. The first kappa shape index (κ1) is 12.4. The van der Waals surface area contributed by atoms with E-state index in [-0.39, 0.29) is 0 Å². The van der Waals surface area contributed by atoms with Crippen LogP contribution in [-0.4, -0.2) is 29.3 Å². The van der Waals surface area contributed by atoms with E-state index in [4.69, 9.17) is 4.42 Å². The smallest absolute Gasteiger partial charge is 0.318 e. The standard InChI is InChI=1S/C12H22N4O/c1-3-10-7-5-6-8-16(10)12-15-14-11(17-12)9-13-4-2/h10,13H,3-9H2,1-2H3. The fourth-order valence-corrected chi connectivity index (χ4v) is 2.34. The molecular formula is C12H22N4O. The maximum atomic E-state index is 5.70. The molecule has 1 N–H and O–H groups in total. The largest absolute Gasteiger partial charge is 0.407 e. The second kappa shape index (κ2) is 6.00. The van der Waals surface area contributed by atoms with Gasteiger partial charge in [0.2, 0.25) is 5.89 Å². The van der Waals surface area contributed by atoms with Gasteiger partial charge < -0.3 is 14.6 Å². The van der Waals surface area contributed by atoms with Crippen molar-refractivity contribution in [3.8, 4) is 0 Å². The predicted molar refractivity (Wildman–Crippen MR) is 67.0 cm³/mol. The average molecular weight is 238 g/mol. The Kier molecular flexibility index (Phi) is 4.36. The lowest BCUT2D eigenvalue weighted by Gasteiger charge is -2.33. The van der Waals surface area contributed by atoms with E-state index in [0.717, 1.165) is 19.5 Å². The third kappa shape index (κ3) is 2.97. The molecule has 1 aromatic heterocycles. The molecule has 1 saturated heterocycles. The molecule has 0 bridgehead atoms. The van der Waals surface area contributed by atoms with E-state index >= 15 is 0 Å². The molecule has 1 unspecified atom stereocenters. The number of piperidine rings is 1. The average Bonchev–Trinajstić information content (AvgIpc) is 2.85. The minimum absolute atomic E-state index is 0.566. The van der Waals surface area contributed by atoms with Crippen molar-refractivity contribution in [3.63, 3.8) is 0 Å². The second-order valence-corrected chi connectivity index (χ2v) is 4.51. The van der Waals surface area contributed by atoms with Crippen molar-refractivity contribution in [1.29, 1.82) is 0 Å². The van der Waals surface area contributed by atoms with Crippen LogP contribution >= 0.6 is 0 Å². The number of nitrogens with one attached hydrogen (secondary N) is 1. The van der Waals surface area contributed by atoms with Crippen molar-refractivity contribution in [2.24, 2.45) is 0 Å². The molecule has 2 heterocycles. The highest BCUT2D eigenvalue weighted by Crippen LogP contribution is 2.25. The zero-order chi connectivity index (χ0) is 12.1. The normalized spacial score (nSPS) is 20.8. The highest BCUT2D eigenvalue weighted by atomic mass is 16.4. The van der Waals surface area contributed by atoms with Crippen LogP contribution in [0.5, 0.6) is 0 Å². The van der Waals surface area contributed by atoms with Crippen LogP contribution in [0, 0.1) is 0 Å². The number of anilines is 1. The summed E-state index contributed by atoms with van der Waals surface area (Å²) in [5.41, 5.74) is 0. The molecule has 1 aromatic rings.